The van der Waals surface area contributed by atoms with E-state index in [4.69, 9.17) is 9.52 Å². The number of carboxylic acid groups (broad SMARTS) is 1. The van der Waals surface area contributed by atoms with Crippen molar-refractivity contribution in [3.05, 3.63) is 23.2 Å². The number of furan rings is 1. The molecule has 0 saturated heterocycles. The molecule has 5 nitrogen and oxygen atoms in total. The Morgan fingerprint density at radius 3 is 2.82 bits per heavy atom. The molecule has 22 heavy (non-hydrogen) atoms. The van der Waals surface area contributed by atoms with Crippen molar-refractivity contribution in [2.24, 2.45) is 0 Å². The largest absolute Gasteiger partial charge is 0.481 e. The van der Waals surface area contributed by atoms with Gasteiger partial charge in [-0.15, -0.1) is 0 Å². The van der Waals surface area contributed by atoms with Crippen LogP contribution in [-0.4, -0.2) is 34.0 Å². The van der Waals surface area contributed by atoms with E-state index in [1.54, 1.807) is 6.92 Å². The maximum atomic E-state index is 12.6. The van der Waals surface area contributed by atoms with Crippen LogP contribution < -0.4 is 5.32 Å². The number of rotatable bonds is 6. The zero-order chi connectivity index (χ0) is 16.1. The molecular weight excluding hydrogens is 302 g/mol. The standard InChI is InChI=1S/C16H23NO4S/c1-3-22-13-7-5-4-6-11(13)17-16(20)15-10(2)9-21-12(15)8-14(18)19/h9,11,13H,3-8H2,1-2H3,(H,17,20)(H,18,19). The number of amides is 1. The second-order valence-electron chi connectivity index (χ2n) is 5.65. The molecule has 122 valence electrons. The highest BCUT2D eigenvalue weighted by Gasteiger charge is 2.29. The van der Waals surface area contributed by atoms with Crippen LogP contribution in [0.15, 0.2) is 10.7 Å². The third-order valence-electron chi connectivity index (χ3n) is 3.99. The molecule has 1 aromatic heterocycles. The highest BCUT2D eigenvalue weighted by atomic mass is 32.2. The summed E-state index contributed by atoms with van der Waals surface area (Å²) >= 11 is 1.89. The molecule has 0 aliphatic heterocycles. The van der Waals surface area contributed by atoms with E-state index in [0.29, 0.717) is 16.4 Å². The first kappa shape index (κ1) is 16.9. The Labute approximate surface area is 134 Å². The molecule has 2 unspecified atom stereocenters. The number of hydrogen-bond donors (Lipinski definition) is 2. The summed E-state index contributed by atoms with van der Waals surface area (Å²) in [5, 5.41) is 12.5. The average molecular weight is 325 g/mol. The molecule has 1 amide bonds. The molecule has 1 saturated carbocycles. The first-order valence-electron chi connectivity index (χ1n) is 7.74. The van der Waals surface area contributed by atoms with E-state index in [-0.39, 0.29) is 24.1 Å². The molecule has 0 aromatic carbocycles. The minimum absolute atomic E-state index is 0.151. The summed E-state index contributed by atoms with van der Waals surface area (Å²) < 4.78 is 5.24. The van der Waals surface area contributed by atoms with E-state index in [9.17, 15) is 9.59 Å². The maximum Gasteiger partial charge on any atom is 0.311 e. The number of carbonyl (C=O) groups excluding carboxylic acids is 1. The fourth-order valence-electron chi connectivity index (χ4n) is 2.99. The summed E-state index contributed by atoms with van der Waals surface area (Å²) in [6.45, 7) is 3.90. The Kier molecular flexibility index (Phi) is 5.94. The number of aliphatic carboxylic acids is 1. The van der Waals surface area contributed by atoms with Crippen LogP contribution in [0.25, 0.3) is 0 Å². The van der Waals surface area contributed by atoms with Gasteiger partial charge in [0.25, 0.3) is 5.91 Å². The predicted octanol–water partition coefficient (Wildman–Crippen LogP) is 3.01. The molecule has 1 heterocycles. The fraction of sp³-hybridized carbons (Fsp3) is 0.625. The lowest BCUT2D eigenvalue weighted by molar-refractivity contribution is -0.136. The molecule has 2 atom stereocenters. The Bertz CT molecular complexity index is 538. The molecule has 0 bridgehead atoms. The van der Waals surface area contributed by atoms with Crippen LogP contribution in [-0.2, 0) is 11.2 Å². The highest BCUT2D eigenvalue weighted by Crippen LogP contribution is 2.29. The number of aryl methyl sites for hydroxylation is 1. The van der Waals surface area contributed by atoms with Crippen LogP contribution in [0.5, 0.6) is 0 Å². The Morgan fingerprint density at radius 2 is 2.14 bits per heavy atom. The fourth-order valence-corrected chi connectivity index (χ4v) is 4.18. The molecule has 1 aromatic rings. The molecule has 0 radical (unpaired) electrons. The zero-order valence-electron chi connectivity index (χ0n) is 13.1. The Morgan fingerprint density at radius 1 is 1.41 bits per heavy atom. The van der Waals surface area contributed by atoms with Gasteiger partial charge >= 0.3 is 5.97 Å². The van der Waals surface area contributed by atoms with Crippen LogP contribution in [0.2, 0.25) is 0 Å². The lowest BCUT2D eigenvalue weighted by Crippen LogP contribution is -2.44. The minimum atomic E-state index is -1.000. The second-order valence-corrected chi connectivity index (χ2v) is 7.16. The van der Waals surface area contributed by atoms with Gasteiger partial charge in [-0.1, -0.05) is 19.8 Å². The van der Waals surface area contributed by atoms with Crippen molar-refractivity contribution in [2.45, 2.75) is 57.2 Å². The van der Waals surface area contributed by atoms with E-state index < -0.39 is 5.97 Å². The average Bonchev–Trinajstić information content (AvgIpc) is 2.81. The molecule has 1 fully saturated rings. The number of carbonyl (C=O) groups is 2. The van der Waals surface area contributed by atoms with E-state index >= 15 is 0 Å². The monoisotopic (exact) mass is 325 g/mol. The smallest absolute Gasteiger partial charge is 0.311 e. The third kappa shape index (κ3) is 4.06. The molecular formula is C16H23NO4S. The number of hydrogen-bond acceptors (Lipinski definition) is 4. The second kappa shape index (κ2) is 7.72. The minimum Gasteiger partial charge on any atom is -0.481 e. The van der Waals surface area contributed by atoms with Crippen molar-refractivity contribution in [3.63, 3.8) is 0 Å². The first-order chi connectivity index (χ1) is 10.5. The van der Waals surface area contributed by atoms with Crippen molar-refractivity contribution in [1.29, 1.82) is 0 Å². The summed E-state index contributed by atoms with van der Waals surface area (Å²) in [6, 6.07) is 0.151. The van der Waals surface area contributed by atoms with E-state index in [0.717, 1.165) is 25.0 Å². The molecule has 2 rings (SSSR count). The van der Waals surface area contributed by atoms with Gasteiger partial charge in [-0.3, -0.25) is 9.59 Å². The first-order valence-corrected chi connectivity index (χ1v) is 8.79. The molecule has 1 aliphatic rings. The van der Waals surface area contributed by atoms with Gasteiger partial charge in [0.1, 0.15) is 12.2 Å². The van der Waals surface area contributed by atoms with Crippen molar-refractivity contribution >= 4 is 23.6 Å². The predicted molar refractivity (Wildman–Crippen MR) is 86.4 cm³/mol. The van der Waals surface area contributed by atoms with Crippen molar-refractivity contribution in [1.82, 2.24) is 5.32 Å². The van der Waals surface area contributed by atoms with Gasteiger partial charge in [-0.05, 0) is 25.5 Å². The van der Waals surface area contributed by atoms with E-state index in [1.807, 2.05) is 11.8 Å². The lowest BCUT2D eigenvalue weighted by atomic mass is 9.94. The topological polar surface area (TPSA) is 79.5 Å². The molecule has 6 heteroatoms. The summed E-state index contributed by atoms with van der Waals surface area (Å²) in [7, 11) is 0. The van der Waals surface area contributed by atoms with Gasteiger partial charge < -0.3 is 14.8 Å². The third-order valence-corrected chi connectivity index (χ3v) is 5.32. The van der Waals surface area contributed by atoms with Crippen LogP contribution in [0.3, 0.4) is 0 Å². The van der Waals surface area contributed by atoms with Crippen LogP contribution >= 0.6 is 11.8 Å². The quantitative estimate of drug-likeness (QED) is 0.840. The van der Waals surface area contributed by atoms with Gasteiger partial charge in [0.15, 0.2) is 0 Å². The van der Waals surface area contributed by atoms with E-state index in [1.165, 1.54) is 12.7 Å². The number of thioether (sulfide) groups is 1. The summed E-state index contributed by atoms with van der Waals surface area (Å²) in [6.07, 6.45) is 5.61. The van der Waals surface area contributed by atoms with Gasteiger partial charge in [0.05, 0.1) is 11.8 Å². The van der Waals surface area contributed by atoms with E-state index in [2.05, 4.69) is 12.2 Å². The van der Waals surface area contributed by atoms with Crippen LogP contribution in [0.1, 0.15) is 54.3 Å². The maximum absolute atomic E-state index is 12.6. The molecule has 1 aliphatic carbocycles. The summed E-state index contributed by atoms with van der Waals surface area (Å²) in [5.74, 6) is 0.0565. The number of carboxylic acids is 1. The van der Waals surface area contributed by atoms with Crippen LogP contribution in [0.4, 0.5) is 0 Å². The normalized spacial score (nSPS) is 21.5. The Balaban J connectivity index is 2.11. The van der Waals surface area contributed by atoms with Crippen molar-refractivity contribution in [2.75, 3.05) is 5.75 Å². The SMILES string of the molecule is CCSC1CCCCC1NC(=O)c1c(C)coc1CC(=O)O. The molecule has 2 N–H and O–H groups in total. The van der Waals surface area contributed by atoms with Crippen molar-refractivity contribution < 1.29 is 19.1 Å². The van der Waals surface area contributed by atoms with Gasteiger partial charge in [0, 0.05) is 16.9 Å². The van der Waals surface area contributed by atoms with Gasteiger partial charge in [-0.2, -0.15) is 11.8 Å². The zero-order valence-corrected chi connectivity index (χ0v) is 13.9. The van der Waals surface area contributed by atoms with Gasteiger partial charge in [0.2, 0.25) is 0 Å². The Hall–Kier alpha value is -1.43. The number of nitrogens with one attached hydrogen (secondary N) is 1. The highest BCUT2D eigenvalue weighted by molar-refractivity contribution is 7.99. The molecule has 0 spiro atoms. The summed E-state index contributed by atoms with van der Waals surface area (Å²) in [4.78, 5) is 23.5. The van der Waals surface area contributed by atoms with Gasteiger partial charge in [-0.25, -0.2) is 0 Å². The summed E-state index contributed by atoms with van der Waals surface area (Å²) in [5.41, 5.74) is 1.07. The van der Waals surface area contributed by atoms with Crippen LogP contribution in [0, 0.1) is 6.92 Å². The van der Waals surface area contributed by atoms with Crippen molar-refractivity contribution in [3.8, 4) is 0 Å². The lowest BCUT2D eigenvalue weighted by Gasteiger charge is -2.31.